The maximum absolute atomic E-state index is 13.0. The van der Waals surface area contributed by atoms with Gasteiger partial charge in [0, 0.05) is 32.4 Å². The van der Waals surface area contributed by atoms with Crippen molar-refractivity contribution in [3.8, 4) is 0 Å². The monoisotopic (exact) mass is 467 g/mol. The molecule has 0 aliphatic carbocycles. The minimum Gasteiger partial charge on any atom is -0.335 e. The van der Waals surface area contributed by atoms with Crippen molar-refractivity contribution in [2.75, 3.05) is 26.2 Å². The number of halogens is 6. The first-order chi connectivity index (χ1) is 14.3. The molecule has 1 saturated heterocycles. The molecule has 1 amide bonds. The summed E-state index contributed by atoms with van der Waals surface area (Å²) in [5.74, 6) is -0.462. The second-order valence-electron chi connectivity index (χ2n) is 6.65. The van der Waals surface area contributed by atoms with Gasteiger partial charge < -0.3 is 4.90 Å². The first-order valence-electron chi connectivity index (χ1n) is 8.80. The number of sulfonamides is 1. The lowest BCUT2D eigenvalue weighted by Gasteiger charge is -2.34. The third-order valence-corrected chi connectivity index (χ3v) is 6.49. The third-order valence-electron chi connectivity index (χ3n) is 4.61. The summed E-state index contributed by atoms with van der Waals surface area (Å²) in [5.41, 5.74) is -3.30. The molecular formula is C18H15F6N3O3S. The molecule has 0 spiro atoms. The summed E-state index contributed by atoms with van der Waals surface area (Å²) in [6, 6.07) is 4.87. The average Bonchev–Trinajstić information content (AvgIpc) is 2.72. The quantitative estimate of drug-likeness (QED) is 0.650. The Morgan fingerprint density at radius 1 is 0.871 bits per heavy atom. The molecule has 0 unspecified atom stereocenters. The summed E-state index contributed by atoms with van der Waals surface area (Å²) in [6.45, 7) is -0.781. The molecule has 0 radical (unpaired) electrons. The summed E-state index contributed by atoms with van der Waals surface area (Å²) in [5, 5.41) is 0. The number of hydrogen-bond donors (Lipinski definition) is 0. The van der Waals surface area contributed by atoms with Crippen molar-refractivity contribution >= 4 is 15.9 Å². The number of piperazine rings is 1. The van der Waals surface area contributed by atoms with Crippen LogP contribution in [-0.2, 0) is 22.4 Å². The molecule has 3 rings (SSSR count). The number of nitrogens with zero attached hydrogens (tertiary/aromatic N) is 3. The molecule has 168 valence electrons. The van der Waals surface area contributed by atoms with Crippen molar-refractivity contribution in [1.29, 1.82) is 0 Å². The van der Waals surface area contributed by atoms with Crippen LogP contribution < -0.4 is 0 Å². The summed E-state index contributed by atoms with van der Waals surface area (Å²) in [4.78, 5) is 16.5. The predicted octanol–water partition coefficient (Wildman–Crippen LogP) is 3.27. The fourth-order valence-corrected chi connectivity index (χ4v) is 4.50. The number of benzene rings is 1. The number of carbonyl (C=O) groups excluding carboxylic acids is 1. The molecule has 1 aliphatic rings. The van der Waals surface area contributed by atoms with E-state index in [4.69, 9.17) is 0 Å². The minimum atomic E-state index is -5.17. The van der Waals surface area contributed by atoms with Gasteiger partial charge in [0.1, 0.15) is 5.69 Å². The molecule has 1 fully saturated rings. The summed E-state index contributed by atoms with van der Waals surface area (Å²) in [6.07, 6.45) is -8.93. The Balaban J connectivity index is 1.85. The van der Waals surface area contributed by atoms with Gasteiger partial charge >= 0.3 is 12.4 Å². The van der Waals surface area contributed by atoms with E-state index in [2.05, 4.69) is 4.98 Å². The number of hydrogen-bond acceptors (Lipinski definition) is 4. The zero-order chi connectivity index (χ0) is 23.0. The summed E-state index contributed by atoms with van der Waals surface area (Å²) >= 11 is 0. The van der Waals surface area contributed by atoms with Crippen LogP contribution in [-0.4, -0.2) is 54.7 Å². The fraction of sp³-hybridized carbons (Fsp3) is 0.333. The molecule has 0 atom stereocenters. The average molecular weight is 467 g/mol. The van der Waals surface area contributed by atoms with Crippen LogP contribution in [0.15, 0.2) is 47.5 Å². The minimum absolute atomic E-state index is 0.0975. The highest BCUT2D eigenvalue weighted by atomic mass is 32.2. The molecule has 13 heteroatoms. The maximum Gasteiger partial charge on any atom is 0.416 e. The van der Waals surface area contributed by atoms with Gasteiger partial charge in [-0.3, -0.25) is 9.78 Å². The van der Waals surface area contributed by atoms with Gasteiger partial charge in [-0.2, -0.15) is 30.6 Å². The first kappa shape index (κ1) is 23.0. The smallest absolute Gasteiger partial charge is 0.335 e. The Bertz CT molecular complexity index is 1030. The van der Waals surface area contributed by atoms with Crippen molar-refractivity contribution in [3.05, 3.63) is 59.4 Å². The Morgan fingerprint density at radius 2 is 1.42 bits per heavy atom. The molecular weight excluding hydrogens is 452 g/mol. The van der Waals surface area contributed by atoms with Gasteiger partial charge in [0.2, 0.25) is 10.0 Å². The molecule has 1 aliphatic heterocycles. The fourth-order valence-electron chi connectivity index (χ4n) is 3.01. The Kier molecular flexibility index (Phi) is 6.02. The number of pyridine rings is 1. The van der Waals surface area contributed by atoms with Crippen molar-refractivity contribution in [3.63, 3.8) is 0 Å². The lowest BCUT2D eigenvalue weighted by molar-refractivity contribution is -0.143. The highest BCUT2D eigenvalue weighted by Crippen LogP contribution is 2.37. The maximum atomic E-state index is 13.0. The molecule has 2 aromatic rings. The Labute approximate surface area is 173 Å². The lowest BCUT2D eigenvalue weighted by Crippen LogP contribution is -2.50. The molecule has 31 heavy (non-hydrogen) atoms. The van der Waals surface area contributed by atoms with Crippen molar-refractivity contribution in [2.45, 2.75) is 17.2 Å². The van der Waals surface area contributed by atoms with E-state index in [1.165, 1.54) is 17.2 Å². The van der Waals surface area contributed by atoms with E-state index in [1.54, 1.807) is 12.1 Å². The standard InChI is InChI=1S/C18H15F6N3O3S/c19-17(20,21)12-9-13(18(22,23)24)11-14(10-12)31(29,30)27-7-5-26(6-8-27)16(28)15-3-1-2-4-25-15/h1-4,9-11H,5-8H2. The topological polar surface area (TPSA) is 70.6 Å². The molecule has 2 heterocycles. The van der Waals surface area contributed by atoms with Gasteiger partial charge in [0.05, 0.1) is 16.0 Å². The second kappa shape index (κ2) is 8.11. The highest BCUT2D eigenvalue weighted by Gasteiger charge is 2.39. The van der Waals surface area contributed by atoms with Crippen LogP contribution in [0, 0.1) is 0 Å². The van der Waals surface area contributed by atoms with E-state index < -0.39 is 44.3 Å². The van der Waals surface area contributed by atoms with E-state index in [1.807, 2.05) is 0 Å². The number of carbonyl (C=O) groups is 1. The van der Waals surface area contributed by atoms with Crippen LogP contribution in [0.5, 0.6) is 0 Å². The van der Waals surface area contributed by atoms with E-state index >= 15 is 0 Å². The van der Waals surface area contributed by atoms with Crippen molar-refractivity contribution in [2.24, 2.45) is 0 Å². The molecule has 0 N–H and O–H groups in total. The van der Waals surface area contributed by atoms with Crippen LogP contribution in [0.1, 0.15) is 21.6 Å². The van der Waals surface area contributed by atoms with Gasteiger partial charge in [0.25, 0.3) is 5.91 Å². The van der Waals surface area contributed by atoms with Crippen LogP contribution in [0.3, 0.4) is 0 Å². The van der Waals surface area contributed by atoms with Gasteiger partial charge in [0.15, 0.2) is 0 Å². The van der Waals surface area contributed by atoms with Gasteiger partial charge in [-0.05, 0) is 30.3 Å². The lowest BCUT2D eigenvalue weighted by atomic mass is 10.1. The van der Waals surface area contributed by atoms with Gasteiger partial charge in [-0.1, -0.05) is 6.07 Å². The van der Waals surface area contributed by atoms with Crippen LogP contribution in [0.2, 0.25) is 0 Å². The molecule has 1 aromatic carbocycles. The van der Waals surface area contributed by atoms with Gasteiger partial charge in [-0.15, -0.1) is 0 Å². The van der Waals surface area contributed by atoms with Crippen LogP contribution >= 0.6 is 0 Å². The van der Waals surface area contributed by atoms with Crippen LogP contribution in [0.25, 0.3) is 0 Å². The molecule has 0 saturated carbocycles. The Morgan fingerprint density at radius 3 is 1.87 bits per heavy atom. The van der Waals surface area contributed by atoms with E-state index in [0.29, 0.717) is 0 Å². The zero-order valence-corrected chi connectivity index (χ0v) is 16.4. The predicted molar refractivity (Wildman–Crippen MR) is 95.3 cm³/mol. The van der Waals surface area contributed by atoms with Gasteiger partial charge in [-0.25, -0.2) is 8.42 Å². The largest absolute Gasteiger partial charge is 0.416 e. The van der Waals surface area contributed by atoms with E-state index in [9.17, 15) is 39.6 Å². The first-order valence-corrected chi connectivity index (χ1v) is 10.2. The van der Waals surface area contributed by atoms with Crippen molar-refractivity contribution < 1.29 is 39.6 Å². The SMILES string of the molecule is O=C(c1ccccn1)N1CCN(S(=O)(=O)c2cc(C(F)(F)F)cc(C(F)(F)F)c2)CC1. The van der Waals surface area contributed by atoms with Crippen molar-refractivity contribution in [1.82, 2.24) is 14.2 Å². The summed E-state index contributed by atoms with van der Waals surface area (Å²) < 4.78 is 105. The van der Waals surface area contributed by atoms with E-state index in [0.717, 1.165) is 4.31 Å². The molecule has 6 nitrogen and oxygen atoms in total. The summed E-state index contributed by atoms with van der Waals surface area (Å²) in [7, 11) is -4.66. The second-order valence-corrected chi connectivity index (χ2v) is 8.59. The number of alkyl halides is 6. The zero-order valence-electron chi connectivity index (χ0n) is 15.6. The molecule has 0 bridgehead atoms. The third kappa shape index (κ3) is 4.98. The number of aromatic nitrogens is 1. The van der Waals surface area contributed by atoms with Crippen LogP contribution in [0.4, 0.5) is 26.3 Å². The Hall–Kier alpha value is -2.67. The molecule has 1 aromatic heterocycles. The number of rotatable bonds is 3. The normalized spacial score (nSPS) is 16.4. The number of amides is 1. The highest BCUT2D eigenvalue weighted by molar-refractivity contribution is 7.89. The van der Waals surface area contributed by atoms with E-state index in [-0.39, 0.29) is 50.1 Å².